The van der Waals surface area contributed by atoms with E-state index in [0.717, 1.165) is 25.9 Å². The Hall–Kier alpha value is -1.38. The zero-order valence-corrected chi connectivity index (χ0v) is 13.7. The van der Waals surface area contributed by atoms with Crippen LogP contribution in [0.4, 0.5) is 0 Å². The Balaban J connectivity index is 2.08. The number of aryl methyl sites for hydroxylation is 2. The van der Waals surface area contributed by atoms with Crippen LogP contribution in [0.2, 0.25) is 0 Å². The summed E-state index contributed by atoms with van der Waals surface area (Å²) in [5.41, 5.74) is -0.289. The van der Waals surface area contributed by atoms with Crippen LogP contribution in [0.1, 0.15) is 41.1 Å². The fraction of sp³-hybridized carbons (Fsp3) is 0.643. The van der Waals surface area contributed by atoms with Crippen LogP contribution in [0.15, 0.2) is 9.31 Å². The van der Waals surface area contributed by atoms with Gasteiger partial charge in [0.2, 0.25) is 10.0 Å². The predicted molar refractivity (Wildman–Crippen MR) is 80.6 cm³/mol. The minimum Gasteiger partial charge on any atom is -0.478 e. The number of likely N-dealkylation sites (tertiary alicyclic amines) is 1. The fourth-order valence-corrected chi connectivity index (χ4v) is 4.25. The summed E-state index contributed by atoms with van der Waals surface area (Å²) in [4.78, 5) is 13.2. The Morgan fingerprint density at radius 2 is 1.86 bits per heavy atom. The molecule has 0 saturated carbocycles. The van der Waals surface area contributed by atoms with Gasteiger partial charge in [0.1, 0.15) is 22.0 Å². The van der Waals surface area contributed by atoms with Gasteiger partial charge in [-0.1, -0.05) is 6.42 Å². The van der Waals surface area contributed by atoms with E-state index in [-0.39, 0.29) is 28.5 Å². The summed E-state index contributed by atoms with van der Waals surface area (Å²) in [7, 11) is -3.90. The third-order valence-electron chi connectivity index (χ3n) is 3.86. The number of carboxylic acid groups (broad SMARTS) is 1. The van der Waals surface area contributed by atoms with Crippen molar-refractivity contribution in [2.24, 2.45) is 0 Å². The lowest BCUT2D eigenvalue weighted by atomic mass is 10.1. The largest absolute Gasteiger partial charge is 0.478 e. The van der Waals surface area contributed by atoms with Crippen LogP contribution in [0, 0.1) is 13.8 Å². The molecule has 0 bridgehead atoms. The van der Waals surface area contributed by atoms with Gasteiger partial charge in [-0.15, -0.1) is 0 Å². The average molecular weight is 330 g/mol. The number of carboxylic acids is 1. The number of hydrogen-bond donors (Lipinski definition) is 2. The molecule has 2 rings (SSSR count). The van der Waals surface area contributed by atoms with Crippen LogP contribution in [0.5, 0.6) is 0 Å². The minimum absolute atomic E-state index is 0.0976. The molecule has 0 unspecified atom stereocenters. The Kier molecular flexibility index (Phi) is 5.25. The molecule has 8 heteroatoms. The number of furan rings is 1. The van der Waals surface area contributed by atoms with Gasteiger partial charge >= 0.3 is 5.97 Å². The maximum absolute atomic E-state index is 12.4. The van der Waals surface area contributed by atoms with Crippen molar-refractivity contribution in [3.63, 3.8) is 0 Å². The molecule has 1 aromatic heterocycles. The van der Waals surface area contributed by atoms with Gasteiger partial charge in [-0.05, 0) is 39.8 Å². The lowest BCUT2D eigenvalue weighted by Crippen LogP contribution is -2.38. The van der Waals surface area contributed by atoms with Crippen LogP contribution >= 0.6 is 0 Å². The van der Waals surface area contributed by atoms with E-state index >= 15 is 0 Å². The summed E-state index contributed by atoms with van der Waals surface area (Å²) in [6.07, 6.45) is 3.49. The number of sulfonamides is 1. The third-order valence-corrected chi connectivity index (χ3v) is 5.47. The van der Waals surface area contributed by atoms with Gasteiger partial charge in [-0.2, -0.15) is 0 Å². The summed E-state index contributed by atoms with van der Waals surface area (Å²) >= 11 is 0. The normalized spacial score (nSPS) is 16.8. The molecule has 0 aliphatic carbocycles. The van der Waals surface area contributed by atoms with Crippen LogP contribution in [0.25, 0.3) is 0 Å². The SMILES string of the molecule is Cc1oc(C)c(S(=O)(=O)NCCN2CCCCC2)c1C(=O)O. The van der Waals surface area contributed by atoms with E-state index in [1.54, 1.807) is 0 Å². The van der Waals surface area contributed by atoms with Crippen molar-refractivity contribution in [2.75, 3.05) is 26.2 Å². The van der Waals surface area contributed by atoms with Crippen molar-refractivity contribution in [1.29, 1.82) is 0 Å². The van der Waals surface area contributed by atoms with Crippen molar-refractivity contribution >= 4 is 16.0 Å². The molecule has 1 saturated heterocycles. The van der Waals surface area contributed by atoms with Crippen molar-refractivity contribution in [1.82, 2.24) is 9.62 Å². The molecule has 0 aromatic carbocycles. The molecule has 124 valence electrons. The first-order valence-corrected chi connectivity index (χ1v) is 8.86. The first kappa shape index (κ1) is 17.0. The molecular weight excluding hydrogens is 308 g/mol. The van der Waals surface area contributed by atoms with E-state index in [4.69, 9.17) is 4.42 Å². The Morgan fingerprint density at radius 1 is 1.23 bits per heavy atom. The summed E-state index contributed by atoms with van der Waals surface area (Å²) in [5.74, 6) is -1.10. The minimum atomic E-state index is -3.90. The maximum atomic E-state index is 12.4. The maximum Gasteiger partial charge on any atom is 0.340 e. The average Bonchev–Trinajstić information content (AvgIpc) is 2.75. The highest BCUT2D eigenvalue weighted by Gasteiger charge is 2.30. The Bertz CT molecular complexity index is 644. The zero-order chi connectivity index (χ0) is 16.3. The molecule has 0 amide bonds. The lowest BCUT2D eigenvalue weighted by Gasteiger charge is -2.26. The van der Waals surface area contributed by atoms with Crippen LogP contribution in [-0.4, -0.2) is 50.6 Å². The first-order valence-electron chi connectivity index (χ1n) is 7.38. The predicted octanol–water partition coefficient (Wildman–Crippen LogP) is 1.36. The molecule has 2 heterocycles. The van der Waals surface area contributed by atoms with Gasteiger partial charge in [-0.25, -0.2) is 17.9 Å². The Labute approximate surface area is 130 Å². The highest BCUT2D eigenvalue weighted by molar-refractivity contribution is 7.89. The highest BCUT2D eigenvalue weighted by atomic mass is 32.2. The smallest absolute Gasteiger partial charge is 0.340 e. The molecular formula is C14H22N2O5S. The molecule has 7 nitrogen and oxygen atoms in total. The van der Waals surface area contributed by atoms with Gasteiger partial charge < -0.3 is 14.4 Å². The monoisotopic (exact) mass is 330 g/mol. The molecule has 22 heavy (non-hydrogen) atoms. The lowest BCUT2D eigenvalue weighted by molar-refractivity contribution is 0.0691. The second-order valence-corrected chi connectivity index (χ2v) is 7.23. The molecule has 1 aromatic rings. The number of aromatic carboxylic acids is 1. The molecule has 1 fully saturated rings. The van der Waals surface area contributed by atoms with E-state index in [1.807, 2.05) is 0 Å². The number of carbonyl (C=O) groups is 1. The van der Waals surface area contributed by atoms with E-state index in [9.17, 15) is 18.3 Å². The second kappa shape index (κ2) is 6.80. The van der Waals surface area contributed by atoms with Crippen molar-refractivity contribution < 1.29 is 22.7 Å². The van der Waals surface area contributed by atoms with E-state index < -0.39 is 16.0 Å². The second-order valence-electron chi connectivity index (χ2n) is 5.52. The zero-order valence-electron chi connectivity index (χ0n) is 12.9. The van der Waals surface area contributed by atoms with Crippen LogP contribution < -0.4 is 4.72 Å². The number of nitrogens with one attached hydrogen (secondary N) is 1. The number of rotatable bonds is 6. The molecule has 0 spiro atoms. The van der Waals surface area contributed by atoms with Gasteiger partial charge in [-0.3, -0.25) is 0 Å². The summed E-state index contributed by atoms with van der Waals surface area (Å²) < 4.78 is 32.4. The van der Waals surface area contributed by atoms with Crippen LogP contribution in [0.3, 0.4) is 0 Å². The van der Waals surface area contributed by atoms with Gasteiger partial charge in [0.15, 0.2) is 0 Å². The van der Waals surface area contributed by atoms with Crippen molar-refractivity contribution in [3.8, 4) is 0 Å². The molecule has 0 atom stereocenters. The highest BCUT2D eigenvalue weighted by Crippen LogP contribution is 2.26. The number of hydrogen-bond acceptors (Lipinski definition) is 5. The van der Waals surface area contributed by atoms with Crippen LogP contribution in [-0.2, 0) is 10.0 Å². The standard InChI is InChI=1S/C14H22N2O5S/c1-10-12(14(17)18)13(11(2)21-10)22(19,20)15-6-9-16-7-4-3-5-8-16/h15H,3-9H2,1-2H3,(H,17,18). The van der Waals surface area contributed by atoms with E-state index in [1.165, 1.54) is 20.3 Å². The molecule has 1 aliphatic rings. The number of piperidine rings is 1. The summed E-state index contributed by atoms with van der Waals surface area (Å²) in [5, 5.41) is 9.19. The van der Waals surface area contributed by atoms with Crippen molar-refractivity contribution in [2.45, 2.75) is 38.0 Å². The van der Waals surface area contributed by atoms with E-state index in [2.05, 4.69) is 9.62 Å². The summed E-state index contributed by atoms with van der Waals surface area (Å²) in [6.45, 7) is 5.74. The van der Waals surface area contributed by atoms with Crippen molar-refractivity contribution in [3.05, 3.63) is 17.1 Å². The fourth-order valence-electron chi connectivity index (χ4n) is 2.83. The molecule has 0 radical (unpaired) electrons. The van der Waals surface area contributed by atoms with Gasteiger partial charge in [0, 0.05) is 13.1 Å². The topological polar surface area (TPSA) is 99.9 Å². The quantitative estimate of drug-likeness (QED) is 0.817. The summed E-state index contributed by atoms with van der Waals surface area (Å²) in [6, 6.07) is 0. The van der Waals surface area contributed by atoms with Gasteiger partial charge in [0.25, 0.3) is 0 Å². The number of nitrogens with zero attached hydrogens (tertiary/aromatic N) is 1. The van der Waals surface area contributed by atoms with Gasteiger partial charge in [0.05, 0.1) is 0 Å². The Morgan fingerprint density at radius 3 is 2.45 bits per heavy atom. The van der Waals surface area contributed by atoms with E-state index in [0.29, 0.717) is 6.54 Å². The first-order chi connectivity index (χ1) is 10.3. The molecule has 2 N–H and O–H groups in total. The third kappa shape index (κ3) is 3.68. The molecule has 1 aliphatic heterocycles.